The second kappa shape index (κ2) is 7.26. The molecule has 27 heavy (non-hydrogen) atoms. The maximum Gasteiger partial charge on any atom is 0.327 e. The van der Waals surface area contributed by atoms with Crippen LogP contribution in [-0.2, 0) is 4.79 Å². The topological polar surface area (TPSA) is 78.4 Å². The number of amides is 1. The van der Waals surface area contributed by atoms with Gasteiger partial charge in [0.15, 0.2) is 0 Å². The molecule has 5 nitrogen and oxygen atoms in total. The van der Waals surface area contributed by atoms with Crippen LogP contribution < -0.4 is 10.6 Å². The lowest BCUT2D eigenvalue weighted by atomic mass is 9.53. The quantitative estimate of drug-likeness (QED) is 0.667. The molecule has 4 bridgehead atoms. The minimum atomic E-state index is -1.07. The number of carboxylic acids is 1. The maximum atomic E-state index is 12.6. The molecule has 4 fully saturated rings. The van der Waals surface area contributed by atoms with Crippen LogP contribution in [0, 0.1) is 17.8 Å². The van der Waals surface area contributed by atoms with Crippen molar-refractivity contribution in [3.8, 4) is 0 Å². The molecular weight excluding hydrogens is 387 g/mol. The Hall–Kier alpha value is -1.30. The third kappa shape index (κ3) is 3.82. The summed E-state index contributed by atoms with van der Waals surface area (Å²) in [7, 11) is 0. The predicted octanol–water partition coefficient (Wildman–Crippen LogP) is 3.73. The lowest BCUT2D eigenvalue weighted by molar-refractivity contribution is -0.139. The summed E-state index contributed by atoms with van der Waals surface area (Å²) in [6.07, 6.45) is 7.34. The van der Waals surface area contributed by atoms with Crippen LogP contribution >= 0.6 is 23.2 Å². The van der Waals surface area contributed by atoms with Gasteiger partial charge in [0.25, 0.3) is 5.91 Å². The van der Waals surface area contributed by atoms with Crippen LogP contribution in [0.1, 0.15) is 48.9 Å². The van der Waals surface area contributed by atoms with E-state index in [2.05, 4.69) is 10.6 Å². The Kier molecular flexibility index (Phi) is 5.12. The first-order chi connectivity index (χ1) is 12.8. The van der Waals surface area contributed by atoms with Crippen molar-refractivity contribution in [1.82, 2.24) is 10.6 Å². The second-order valence-corrected chi connectivity index (χ2v) is 9.35. The van der Waals surface area contributed by atoms with E-state index in [1.165, 1.54) is 19.3 Å². The molecule has 146 valence electrons. The highest BCUT2D eigenvalue weighted by atomic mass is 35.5. The lowest BCUT2D eigenvalue weighted by Crippen LogP contribution is -2.61. The van der Waals surface area contributed by atoms with E-state index in [0.717, 1.165) is 37.0 Å². The lowest BCUT2D eigenvalue weighted by Gasteiger charge is -2.57. The highest BCUT2D eigenvalue weighted by Crippen LogP contribution is 2.55. The Morgan fingerprint density at radius 1 is 1.07 bits per heavy atom. The van der Waals surface area contributed by atoms with E-state index in [1.807, 2.05) is 0 Å². The first-order valence-corrected chi connectivity index (χ1v) is 10.3. The molecule has 1 atom stereocenters. The molecule has 0 spiro atoms. The number of benzene rings is 1. The van der Waals surface area contributed by atoms with Crippen molar-refractivity contribution >= 4 is 35.1 Å². The summed E-state index contributed by atoms with van der Waals surface area (Å²) in [6, 6.07) is 3.74. The molecule has 0 heterocycles. The molecule has 0 saturated heterocycles. The smallest absolute Gasteiger partial charge is 0.327 e. The zero-order valence-corrected chi connectivity index (χ0v) is 16.5. The summed E-state index contributed by atoms with van der Waals surface area (Å²) >= 11 is 12.1. The molecule has 7 heteroatoms. The van der Waals surface area contributed by atoms with Crippen molar-refractivity contribution in [2.75, 3.05) is 6.54 Å². The van der Waals surface area contributed by atoms with Crippen LogP contribution in [0.3, 0.4) is 0 Å². The molecular formula is C20H24Cl2N2O3. The van der Waals surface area contributed by atoms with Crippen LogP contribution in [0.2, 0.25) is 10.0 Å². The Balaban J connectivity index is 1.43. The van der Waals surface area contributed by atoms with Crippen LogP contribution in [0.5, 0.6) is 0 Å². The number of carboxylic acid groups (broad SMARTS) is 1. The molecule has 4 aliphatic rings. The van der Waals surface area contributed by atoms with Gasteiger partial charge in [0.2, 0.25) is 0 Å². The van der Waals surface area contributed by atoms with Gasteiger partial charge in [0.05, 0.1) is 15.6 Å². The molecule has 1 aromatic rings. The fourth-order valence-corrected chi connectivity index (χ4v) is 6.36. The van der Waals surface area contributed by atoms with E-state index >= 15 is 0 Å². The van der Waals surface area contributed by atoms with Crippen LogP contribution in [0.25, 0.3) is 0 Å². The predicted molar refractivity (Wildman–Crippen MR) is 104 cm³/mol. The van der Waals surface area contributed by atoms with Gasteiger partial charge < -0.3 is 15.7 Å². The highest BCUT2D eigenvalue weighted by molar-refractivity contribution is 6.39. The van der Waals surface area contributed by atoms with Gasteiger partial charge in [-0.15, -0.1) is 0 Å². The van der Waals surface area contributed by atoms with E-state index in [4.69, 9.17) is 23.2 Å². The fourth-order valence-electron chi connectivity index (χ4n) is 5.79. The number of halogens is 2. The molecule has 0 aliphatic heterocycles. The summed E-state index contributed by atoms with van der Waals surface area (Å²) in [5, 5.41) is 16.1. The average Bonchev–Trinajstić information content (AvgIpc) is 2.57. The highest BCUT2D eigenvalue weighted by Gasteiger charge is 2.50. The number of rotatable bonds is 6. The summed E-state index contributed by atoms with van der Waals surface area (Å²) in [5.41, 5.74) is 0.150. The first-order valence-electron chi connectivity index (χ1n) is 9.58. The van der Waals surface area contributed by atoms with Gasteiger partial charge in [0.1, 0.15) is 6.04 Å². The van der Waals surface area contributed by atoms with E-state index in [-0.39, 0.29) is 27.7 Å². The SMILES string of the molecule is O=C(N[C@@H](CNC12CC3CC(CC(C3)C1)C2)C(=O)O)c1c(Cl)cccc1Cl. The molecule has 4 aliphatic carbocycles. The number of carbonyl (C=O) groups excluding carboxylic acids is 1. The minimum absolute atomic E-state index is 0.0369. The molecule has 1 amide bonds. The summed E-state index contributed by atoms with van der Waals surface area (Å²) < 4.78 is 0. The van der Waals surface area contributed by atoms with Gasteiger partial charge >= 0.3 is 5.97 Å². The van der Waals surface area contributed by atoms with Crippen LogP contribution in [0.4, 0.5) is 0 Å². The standard InChI is InChI=1S/C20H24Cl2N2O3/c21-14-2-1-3-15(22)17(14)18(25)24-16(19(26)27)10-23-20-7-11-4-12(8-20)6-13(5-11)9-20/h1-3,11-13,16,23H,4-10H2,(H,24,25)(H,26,27)/t11?,12?,13?,16-,20?/m0/s1. The average molecular weight is 411 g/mol. The number of carbonyl (C=O) groups is 2. The number of nitrogens with one attached hydrogen (secondary N) is 2. The summed E-state index contributed by atoms with van der Waals surface area (Å²) in [6.45, 7) is 0.204. The first kappa shape index (κ1) is 19.0. The zero-order valence-electron chi connectivity index (χ0n) is 15.0. The third-order valence-corrected chi connectivity index (χ3v) is 7.14. The van der Waals surface area contributed by atoms with Gasteiger partial charge in [-0.05, 0) is 68.4 Å². The molecule has 0 radical (unpaired) electrons. The van der Waals surface area contributed by atoms with E-state index < -0.39 is 17.9 Å². The summed E-state index contributed by atoms with van der Waals surface area (Å²) in [5.74, 6) is 0.671. The molecule has 0 unspecified atom stereocenters. The normalized spacial score (nSPS) is 32.3. The molecule has 3 N–H and O–H groups in total. The third-order valence-electron chi connectivity index (χ3n) is 6.51. The van der Waals surface area contributed by atoms with Crippen molar-refractivity contribution < 1.29 is 14.7 Å². The van der Waals surface area contributed by atoms with Gasteiger partial charge in [-0.3, -0.25) is 4.79 Å². The van der Waals surface area contributed by atoms with Crippen molar-refractivity contribution in [1.29, 1.82) is 0 Å². The number of hydrogen-bond donors (Lipinski definition) is 3. The van der Waals surface area contributed by atoms with E-state index in [9.17, 15) is 14.7 Å². The monoisotopic (exact) mass is 410 g/mol. The molecule has 4 saturated carbocycles. The van der Waals surface area contributed by atoms with E-state index in [1.54, 1.807) is 18.2 Å². The fraction of sp³-hybridized carbons (Fsp3) is 0.600. The van der Waals surface area contributed by atoms with Gasteiger partial charge in [-0.25, -0.2) is 4.79 Å². The van der Waals surface area contributed by atoms with Crippen molar-refractivity contribution in [3.05, 3.63) is 33.8 Å². The Morgan fingerprint density at radius 2 is 1.59 bits per heavy atom. The largest absolute Gasteiger partial charge is 0.480 e. The van der Waals surface area contributed by atoms with Crippen molar-refractivity contribution in [2.45, 2.75) is 50.1 Å². The van der Waals surface area contributed by atoms with Crippen molar-refractivity contribution in [3.63, 3.8) is 0 Å². The Morgan fingerprint density at radius 3 is 2.07 bits per heavy atom. The Labute approximate surface area is 168 Å². The molecule has 5 rings (SSSR count). The summed E-state index contributed by atoms with van der Waals surface area (Å²) in [4.78, 5) is 24.3. The second-order valence-electron chi connectivity index (χ2n) is 8.54. The van der Waals surface area contributed by atoms with Gasteiger partial charge in [-0.2, -0.15) is 0 Å². The van der Waals surface area contributed by atoms with Gasteiger partial charge in [0, 0.05) is 12.1 Å². The Bertz CT molecular complexity index is 712. The van der Waals surface area contributed by atoms with Crippen LogP contribution in [0.15, 0.2) is 18.2 Å². The number of aliphatic carboxylic acids is 1. The zero-order chi connectivity index (χ0) is 19.2. The minimum Gasteiger partial charge on any atom is -0.480 e. The van der Waals surface area contributed by atoms with Crippen LogP contribution in [-0.4, -0.2) is 35.1 Å². The maximum absolute atomic E-state index is 12.6. The van der Waals surface area contributed by atoms with Gasteiger partial charge in [-0.1, -0.05) is 29.3 Å². The van der Waals surface area contributed by atoms with Crippen molar-refractivity contribution in [2.24, 2.45) is 17.8 Å². The number of hydrogen-bond acceptors (Lipinski definition) is 3. The van der Waals surface area contributed by atoms with E-state index in [0.29, 0.717) is 0 Å². The molecule has 1 aromatic carbocycles. The molecule has 0 aromatic heterocycles.